The molecule has 0 aliphatic heterocycles. The van der Waals surface area contributed by atoms with Gasteiger partial charge in [0.25, 0.3) is 0 Å². The van der Waals surface area contributed by atoms with Crippen LogP contribution < -0.4 is 24.8 Å². The first-order valence-corrected chi connectivity index (χ1v) is 11.4. The van der Waals surface area contributed by atoms with Gasteiger partial charge in [0, 0.05) is 42.3 Å². The average Bonchev–Trinajstić information content (AvgIpc) is 3.20. The Morgan fingerprint density at radius 1 is 0.861 bits per heavy atom. The molecule has 0 radical (unpaired) electrons. The van der Waals surface area contributed by atoms with Crippen molar-refractivity contribution in [2.45, 2.75) is 19.9 Å². The lowest BCUT2D eigenvalue weighted by Gasteiger charge is -2.12. The quantitative estimate of drug-likeness (QED) is 0.352. The van der Waals surface area contributed by atoms with Crippen molar-refractivity contribution in [2.24, 2.45) is 0 Å². The van der Waals surface area contributed by atoms with E-state index in [1.54, 1.807) is 32.4 Å². The molecule has 4 aromatic rings. The van der Waals surface area contributed by atoms with Gasteiger partial charge in [-0.05, 0) is 47.5 Å². The van der Waals surface area contributed by atoms with Gasteiger partial charge in [0.2, 0.25) is 11.8 Å². The van der Waals surface area contributed by atoms with E-state index in [0.29, 0.717) is 23.7 Å². The maximum Gasteiger partial charge on any atom is 0.228 e. The van der Waals surface area contributed by atoms with Gasteiger partial charge in [0.15, 0.2) is 0 Å². The van der Waals surface area contributed by atoms with Gasteiger partial charge in [-0.2, -0.15) is 0 Å². The number of para-hydroxylation sites is 1. The van der Waals surface area contributed by atoms with Crippen molar-refractivity contribution in [3.05, 3.63) is 78.0 Å². The van der Waals surface area contributed by atoms with Crippen LogP contribution in [0.25, 0.3) is 10.9 Å². The summed E-state index contributed by atoms with van der Waals surface area (Å²) in [5.74, 6) is 1.55. The van der Waals surface area contributed by atoms with Gasteiger partial charge in [-0.1, -0.05) is 18.2 Å². The first-order valence-electron chi connectivity index (χ1n) is 11.4. The topological polar surface area (TPSA) is 90.8 Å². The van der Waals surface area contributed by atoms with E-state index in [-0.39, 0.29) is 18.2 Å². The van der Waals surface area contributed by atoms with Crippen molar-refractivity contribution in [3.8, 4) is 17.2 Å². The van der Waals surface area contributed by atoms with Gasteiger partial charge in [0.05, 0.1) is 33.4 Å². The number of aromatic nitrogens is 1. The standard InChI is InChI=1S/C28H29N3O5/c1-18(32)29-21-9-10-27(36-4)25(14-21)30-28(33)13-20-17-31(26-8-6-5-7-24(20)26)16-19-11-22(34-2)15-23(12-19)35-3/h5-12,14-15,17H,13,16H2,1-4H3,(H,29,32)(H,30,33). The van der Waals surface area contributed by atoms with E-state index in [2.05, 4.69) is 15.2 Å². The van der Waals surface area contributed by atoms with Crippen molar-refractivity contribution >= 4 is 34.1 Å². The molecule has 0 saturated heterocycles. The second-order valence-electron chi connectivity index (χ2n) is 8.34. The number of rotatable bonds is 9. The summed E-state index contributed by atoms with van der Waals surface area (Å²) < 4.78 is 18.3. The van der Waals surface area contributed by atoms with E-state index < -0.39 is 0 Å². The molecule has 8 nitrogen and oxygen atoms in total. The molecule has 0 aliphatic carbocycles. The molecule has 1 aromatic heterocycles. The van der Waals surface area contributed by atoms with Crippen molar-refractivity contribution < 1.29 is 23.8 Å². The zero-order chi connectivity index (χ0) is 25.7. The van der Waals surface area contributed by atoms with Crippen molar-refractivity contribution in [1.82, 2.24) is 4.57 Å². The highest BCUT2D eigenvalue weighted by atomic mass is 16.5. The number of benzene rings is 3. The molecule has 36 heavy (non-hydrogen) atoms. The maximum absolute atomic E-state index is 13.1. The molecule has 2 N–H and O–H groups in total. The molecule has 2 amide bonds. The molecule has 3 aromatic carbocycles. The number of hydrogen-bond acceptors (Lipinski definition) is 5. The molecule has 0 unspecified atom stereocenters. The van der Waals surface area contributed by atoms with Crippen LogP contribution in [0.5, 0.6) is 17.2 Å². The van der Waals surface area contributed by atoms with Crippen LogP contribution in [0.3, 0.4) is 0 Å². The maximum atomic E-state index is 13.1. The summed E-state index contributed by atoms with van der Waals surface area (Å²) in [7, 11) is 4.78. The summed E-state index contributed by atoms with van der Waals surface area (Å²) >= 11 is 0. The predicted molar refractivity (Wildman–Crippen MR) is 140 cm³/mol. The number of methoxy groups -OCH3 is 3. The SMILES string of the molecule is COc1cc(Cn2cc(CC(=O)Nc3cc(NC(C)=O)ccc3OC)c3ccccc32)cc(OC)c1. The smallest absolute Gasteiger partial charge is 0.228 e. The third-order valence-corrected chi connectivity index (χ3v) is 5.78. The lowest BCUT2D eigenvalue weighted by atomic mass is 10.1. The molecule has 0 bridgehead atoms. The van der Waals surface area contributed by atoms with Crippen LogP contribution in [-0.4, -0.2) is 37.7 Å². The third kappa shape index (κ3) is 5.60. The zero-order valence-electron chi connectivity index (χ0n) is 20.8. The van der Waals surface area contributed by atoms with Gasteiger partial charge in [0.1, 0.15) is 17.2 Å². The number of nitrogens with one attached hydrogen (secondary N) is 2. The molecule has 186 valence electrons. The average molecular weight is 488 g/mol. The largest absolute Gasteiger partial charge is 0.497 e. The minimum Gasteiger partial charge on any atom is -0.497 e. The molecule has 1 heterocycles. The summed E-state index contributed by atoms with van der Waals surface area (Å²) in [5, 5.41) is 6.64. The van der Waals surface area contributed by atoms with Crippen LogP contribution in [0.1, 0.15) is 18.1 Å². The lowest BCUT2D eigenvalue weighted by molar-refractivity contribution is -0.115. The highest BCUT2D eigenvalue weighted by Gasteiger charge is 2.15. The molecular weight excluding hydrogens is 458 g/mol. The predicted octanol–water partition coefficient (Wildman–Crippen LogP) is 4.86. The molecule has 8 heteroatoms. The fourth-order valence-electron chi connectivity index (χ4n) is 4.20. The van der Waals surface area contributed by atoms with Crippen LogP contribution in [0, 0.1) is 0 Å². The van der Waals surface area contributed by atoms with Crippen LogP contribution >= 0.6 is 0 Å². The normalized spacial score (nSPS) is 10.7. The van der Waals surface area contributed by atoms with Crippen LogP contribution in [0.15, 0.2) is 66.9 Å². The van der Waals surface area contributed by atoms with Crippen LogP contribution in [-0.2, 0) is 22.6 Å². The Morgan fingerprint density at radius 2 is 1.58 bits per heavy atom. The van der Waals surface area contributed by atoms with Crippen molar-refractivity contribution in [3.63, 3.8) is 0 Å². The Bertz CT molecular complexity index is 1390. The number of hydrogen-bond donors (Lipinski definition) is 2. The molecule has 0 spiro atoms. The highest BCUT2D eigenvalue weighted by molar-refractivity contribution is 5.98. The first-order chi connectivity index (χ1) is 17.4. The van der Waals surface area contributed by atoms with E-state index in [0.717, 1.165) is 33.5 Å². The molecule has 0 atom stereocenters. The zero-order valence-corrected chi connectivity index (χ0v) is 20.8. The highest BCUT2D eigenvalue weighted by Crippen LogP contribution is 2.29. The molecule has 0 aliphatic rings. The third-order valence-electron chi connectivity index (χ3n) is 5.78. The van der Waals surface area contributed by atoms with E-state index in [4.69, 9.17) is 14.2 Å². The van der Waals surface area contributed by atoms with Crippen molar-refractivity contribution in [2.75, 3.05) is 32.0 Å². The number of ether oxygens (including phenoxy) is 3. The number of amides is 2. The Balaban J connectivity index is 1.60. The summed E-state index contributed by atoms with van der Waals surface area (Å²) in [6.07, 6.45) is 2.17. The Labute approximate surface area is 209 Å². The van der Waals surface area contributed by atoms with Crippen molar-refractivity contribution in [1.29, 1.82) is 0 Å². The van der Waals surface area contributed by atoms with E-state index in [1.807, 2.05) is 48.7 Å². The number of nitrogens with zero attached hydrogens (tertiary/aromatic N) is 1. The van der Waals surface area contributed by atoms with Crippen LogP contribution in [0.4, 0.5) is 11.4 Å². The molecule has 4 rings (SSSR count). The minimum atomic E-state index is -0.195. The van der Waals surface area contributed by atoms with E-state index >= 15 is 0 Å². The first kappa shape index (κ1) is 24.7. The minimum absolute atomic E-state index is 0.169. The lowest BCUT2D eigenvalue weighted by Crippen LogP contribution is -2.15. The Kier molecular flexibility index (Phi) is 7.44. The second kappa shape index (κ2) is 10.9. The summed E-state index contributed by atoms with van der Waals surface area (Å²) in [5.41, 5.74) is 4.00. The second-order valence-corrected chi connectivity index (χ2v) is 8.34. The van der Waals surface area contributed by atoms with Crippen LogP contribution in [0.2, 0.25) is 0 Å². The fraction of sp³-hybridized carbons (Fsp3) is 0.214. The fourth-order valence-corrected chi connectivity index (χ4v) is 4.20. The number of carbonyl (C=O) groups excluding carboxylic acids is 2. The summed E-state index contributed by atoms with van der Waals surface area (Å²) in [6, 6.07) is 18.9. The summed E-state index contributed by atoms with van der Waals surface area (Å²) in [6.45, 7) is 2.02. The van der Waals surface area contributed by atoms with Gasteiger partial charge in [-0.15, -0.1) is 0 Å². The van der Waals surface area contributed by atoms with Gasteiger partial charge >= 0.3 is 0 Å². The van der Waals surface area contributed by atoms with E-state index in [9.17, 15) is 9.59 Å². The van der Waals surface area contributed by atoms with Gasteiger partial charge in [-0.3, -0.25) is 9.59 Å². The molecule has 0 fully saturated rings. The Hall–Kier alpha value is -4.46. The number of fused-ring (bicyclic) bond motifs is 1. The van der Waals surface area contributed by atoms with Gasteiger partial charge < -0.3 is 29.4 Å². The molecular formula is C28H29N3O5. The number of anilines is 2. The summed E-state index contributed by atoms with van der Waals surface area (Å²) in [4.78, 5) is 24.5. The Morgan fingerprint density at radius 3 is 2.25 bits per heavy atom. The van der Waals surface area contributed by atoms with E-state index in [1.165, 1.54) is 14.0 Å². The monoisotopic (exact) mass is 487 g/mol. The van der Waals surface area contributed by atoms with Gasteiger partial charge in [-0.25, -0.2) is 0 Å². The number of carbonyl (C=O) groups is 2. The molecule has 0 saturated carbocycles.